The molecule has 0 spiro atoms. The molecule has 3 radical (unpaired) electrons. The number of nitrogens with zero attached hydrogens (tertiary/aromatic N) is 6. The van der Waals surface area contributed by atoms with E-state index in [0.29, 0.717) is 24.2 Å². The maximum absolute atomic E-state index is 4.53. The molecule has 9 heteroatoms. The Morgan fingerprint density at radius 2 is 0.388 bits per heavy atom. The van der Waals surface area contributed by atoms with Gasteiger partial charge in [-0.2, -0.15) is 0 Å². The van der Waals surface area contributed by atoms with Gasteiger partial charge in [-0.05, 0) is 11.8 Å². The normalized spacial score (nSPS) is 12.8. The van der Waals surface area contributed by atoms with E-state index in [9.17, 15) is 0 Å². The van der Waals surface area contributed by atoms with Crippen molar-refractivity contribution in [3.05, 3.63) is 76.5 Å². The van der Waals surface area contributed by atoms with E-state index in [1.54, 1.807) is 0 Å². The van der Waals surface area contributed by atoms with E-state index in [4.69, 9.17) is 0 Å². The summed E-state index contributed by atoms with van der Waals surface area (Å²) in [7, 11) is 0. The second-order valence-corrected chi connectivity index (χ2v) is 20.9. The summed E-state index contributed by atoms with van der Waals surface area (Å²) in [5, 5.41) is 26.5. The molecule has 0 aliphatic heterocycles. The summed E-state index contributed by atoms with van der Waals surface area (Å²) in [5.41, 5.74) is 0.0440. The smallest absolute Gasteiger partial charge is 0 e. The minimum atomic E-state index is 0. The minimum absolute atomic E-state index is 0. The molecular weight excluding hydrogens is 1200 g/mol. The maximum atomic E-state index is 4.53. The van der Waals surface area contributed by atoms with Crippen LogP contribution in [-0.4, -0.2) is 53.7 Å². The Kier molecular flexibility index (Phi) is 129. The summed E-state index contributed by atoms with van der Waals surface area (Å²) in [6, 6.07) is 1.60. The average Bonchev–Trinajstić information content (AvgIpc) is 3.82. The second kappa shape index (κ2) is 78.2. The van der Waals surface area contributed by atoms with Gasteiger partial charge in [0, 0.05) is 107 Å². The summed E-state index contributed by atoms with van der Waals surface area (Å²) >= 11 is 0. The van der Waals surface area contributed by atoms with E-state index in [0.717, 1.165) is 11.8 Å². The quantitative estimate of drug-likeness (QED) is 0.195. The summed E-state index contributed by atoms with van der Waals surface area (Å²) < 4.78 is 0. The second-order valence-electron chi connectivity index (χ2n) is 20.9. The van der Waals surface area contributed by atoms with Crippen molar-refractivity contribution in [2.75, 3.05) is 0 Å². The van der Waals surface area contributed by atoms with Crippen LogP contribution in [0.15, 0.2) is 0 Å². The van der Waals surface area contributed by atoms with E-state index in [1.165, 1.54) is 103 Å². The molecule has 0 N–H and O–H groups in total. The largest absolute Gasteiger partial charge is 0.676 e. The first-order valence-electron chi connectivity index (χ1n) is 24.8. The van der Waals surface area contributed by atoms with Crippen LogP contribution in [0.1, 0.15) is 276 Å². The third-order valence-electron chi connectivity index (χ3n) is 6.95. The average molecular weight is 1330 g/mol. The topological polar surface area (TPSA) is 84.6 Å². The van der Waals surface area contributed by atoms with Crippen LogP contribution in [0.3, 0.4) is 0 Å². The van der Waals surface area contributed by atoms with Crippen LogP contribution in [0, 0.1) is 163 Å². The van der Waals surface area contributed by atoms with E-state index in [1.807, 2.05) is 20.8 Å². The summed E-state index contributed by atoms with van der Waals surface area (Å²) in [6.07, 6.45) is 24.2. The third-order valence-corrected chi connectivity index (χ3v) is 6.95. The Bertz CT molecular complexity index is 611. The van der Waals surface area contributed by atoms with Crippen molar-refractivity contribution >= 4 is 0 Å². The van der Waals surface area contributed by atoms with Crippen molar-refractivity contribution in [2.45, 2.75) is 330 Å². The van der Waals surface area contributed by atoms with Crippen LogP contribution in [0.25, 0.3) is 31.9 Å². The zero-order valence-corrected chi connectivity index (χ0v) is 63.8. The van der Waals surface area contributed by atoms with Crippen molar-refractivity contribution in [3.63, 3.8) is 0 Å². The molecule has 0 atom stereocenters. The van der Waals surface area contributed by atoms with Gasteiger partial charge in [0.05, 0.1) is 0 Å². The van der Waals surface area contributed by atoms with Gasteiger partial charge < -0.3 is 76.5 Å². The molecule has 3 aliphatic carbocycles. The molecule has 6 nitrogen and oxygen atoms in total. The van der Waals surface area contributed by atoms with Gasteiger partial charge in [-0.15, -0.1) is 56.0 Å². The summed E-state index contributed by atoms with van der Waals surface area (Å²) in [5.74, 6) is 1.67. The summed E-state index contributed by atoms with van der Waals surface area (Å²) in [6.45, 7) is 52.5. The predicted molar refractivity (Wildman–Crippen MR) is 313 cm³/mol. The molecule has 0 aromatic rings. The molecule has 3 aliphatic rings. The van der Waals surface area contributed by atoms with Crippen LogP contribution >= 0.6 is 0 Å². The van der Waals surface area contributed by atoms with Crippen LogP contribution < -0.4 is 0 Å². The van der Waals surface area contributed by atoms with Gasteiger partial charge in [0.1, 0.15) is 0 Å². The SMILES string of the molecule is C1CCCC1.C1CCCC1.C1CCCC1.CC(C)C.CC(C)C.CC(C)[N-]C(C)[N-]C(C)C.CC(C)[N-]C(C)[N-]C(C)C.CC([N-]C(C)(C)C)[N-]C(C)(C)C.CCC.[CH3-].[CH3-].[CH3-].[CH3-].[CH3-].[CH3-].[La].[La].[La]. The molecule has 3 fully saturated rings. The Balaban J connectivity index is -0.0000000354. The first kappa shape index (κ1) is 110. The first-order valence-corrected chi connectivity index (χ1v) is 24.8. The Morgan fingerprint density at radius 3 is 0.463 bits per heavy atom. The van der Waals surface area contributed by atoms with Crippen molar-refractivity contribution in [1.82, 2.24) is 0 Å². The third kappa shape index (κ3) is 160. The van der Waals surface area contributed by atoms with E-state index >= 15 is 0 Å². The monoisotopic (exact) mass is 1330 g/mol. The molecule has 0 aromatic carbocycles. The van der Waals surface area contributed by atoms with Crippen molar-refractivity contribution in [2.24, 2.45) is 11.8 Å². The van der Waals surface area contributed by atoms with Crippen LogP contribution in [-0.2, 0) is 0 Å². The van der Waals surface area contributed by atoms with Gasteiger partial charge in [0.2, 0.25) is 0 Å². The van der Waals surface area contributed by atoms with Crippen LogP contribution in [0.2, 0.25) is 0 Å². The minimum Gasteiger partial charge on any atom is -0.676 e. The zero-order valence-electron chi connectivity index (χ0n) is 52.9. The van der Waals surface area contributed by atoms with Gasteiger partial charge in [0.25, 0.3) is 0 Å². The molecular formula is C58H134La3N6-12. The zero-order chi connectivity index (χ0) is 46.8. The molecule has 3 rings (SSSR count). The molecule has 0 saturated heterocycles. The van der Waals surface area contributed by atoms with Crippen molar-refractivity contribution in [3.8, 4) is 0 Å². The number of rotatable bonds is 10. The van der Waals surface area contributed by atoms with Gasteiger partial charge >= 0.3 is 0 Å². The maximum Gasteiger partial charge on any atom is 0 e. The molecule has 0 aromatic heterocycles. The molecule has 0 amide bonds. The van der Waals surface area contributed by atoms with Gasteiger partial charge in [-0.1, -0.05) is 255 Å². The standard InChI is InChI=1S/C10H22N2.2C8H18N2.3C5H10.2C4H10.C3H8.6CH3.3La/c1-8(11-9(2,3)4)12-10(5,6)7;2*1-6(2)9-8(5)10-7(3)4;3*1-2-4-5-3-1;2*1-4(2)3;1-3-2;;;;;;;;;/h8H,1-7H3;2*6-8H,1-5H3;3*1-5H2;2*4H,1-3H3;3H2,1-2H3;6*1H3;;;/q3*-2;;;;;;;6*-1;;;. The van der Waals surface area contributed by atoms with E-state index in [2.05, 4.69) is 184 Å². The van der Waals surface area contributed by atoms with Crippen molar-refractivity contribution in [1.29, 1.82) is 0 Å². The Labute approximate surface area is 518 Å². The van der Waals surface area contributed by atoms with E-state index in [-0.39, 0.29) is 181 Å². The van der Waals surface area contributed by atoms with Crippen LogP contribution in [0.5, 0.6) is 0 Å². The van der Waals surface area contributed by atoms with Gasteiger partial charge in [-0.25, -0.2) is 18.5 Å². The number of hydrogen-bond donors (Lipinski definition) is 0. The molecule has 417 valence electrons. The predicted octanol–water partition coefficient (Wildman–Crippen LogP) is 22.8. The van der Waals surface area contributed by atoms with Gasteiger partial charge in [0.15, 0.2) is 0 Å². The molecule has 0 heterocycles. The fourth-order valence-corrected chi connectivity index (χ4v) is 5.60. The Hall–Kier alpha value is 3.34. The molecule has 3 saturated carbocycles. The fourth-order valence-electron chi connectivity index (χ4n) is 5.60. The molecule has 67 heavy (non-hydrogen) atoms. The Morgan fingerprint density at radius 1 is 0.284 bits per heavy atom. The van der Waals surface area contributed by atoms with E-state index < -0.39 is 0 Å². The number of hydrogen-bond acceptors (Lipinski definition) is 0. The van der Waals surface area contributed by atoms with Gasteiger partial charge in [-0.3, -0.25) is 0 Å². The summed E-state index contributed by atoms with van der Waals surface area (Å²) in [4.78, 5) is 0. The fraction of sp³-hybridized carbons (Fsp3) is 0.897. The molecule has 0 unspecified atom stereocenters. The first-order chi connectivity index (χ1) is 26.5. The van der Waals surface area contributed by atoms with Crippen molar-refractivity contribution < 1.29 is 107 Å². The molecule has 0 bridgehead atoms. The van der Waals surface area contributed by atoms with Crippen LogP contribution in [0.4, 0.5) is 0 Å².